The van der Waals surface area contributed by atoms with E-state index in [0.717, 1.165) is 18.2 Å². The number of anilines is 1. The van der Waals surface area contributed by atoms with Crippen LogP contribution in [0.4, 0.5) is 15.8 Å². The summed E-state index contributed by atoms with van der Waals surface area (Å²) in [6.45, 7) is -0.716. The number of fused-ring (bicyclic) bond motifs is 1. The molecule has 0 radical (unpaired) electrons. The van der Waals surface area contributed by atoms with Crippen molar-refractivity contribution in [2.45, 2.75) is 6.54 Å². The molecule has 1 aromatic heterocycles. The lowest BCUT2D eigenvalue weighted by atomic mass is 10.1. The fourth-order valence-electron chi connectivity index (χ4n) is 2.55. The van der Waals surface area contributed by atoms with Gasteiger partial charge in [-0.05, 0) is 12.1 Å². The van der Waals surface area contributed by atoms with Gasteiger partial charge in [-0.1, -0.05) is 18.2 Å². The molecule has 0 aliphatic carbocycles. The molecule has 3 rings (SSSR count). The van der Waals surface area contributed by atoms with Gasteiger partial charge in [0.2, 0.25) is 5.91 Å². The van der Waals surface area contributed by atoms with Crippen molar-refractivity contribution in [3.63, 3.8) is 0 Å². The number of non-ortho nitro benzene ring substituents is 1. The number of carbonyl (C=O) groups is 2. The van der Waals surface area contributed by atoms with Gasteiger partial charge in [-0.25, -0.2) is 13.9 Å². The van der Waals surface area contributed by atoms with Gasteiger partial charge in [0, 0.05) is 17.5 Å². The zero-order chi connectivity index (χ0) is 20.4. The molecule has 142 valence electrons. The van der Waals surface area contributed by atoms with E-state index in [2.05, 4.69) is 10.4 Å². The van der Waals surface area contributed by atoms with Crippen LogP contribution in [0.15, 0.2) is 47.3 Å². The lowest BCUT2D eigenvalue weighted by molar-refractivity contribution is -0.384. The van der Waals surface area contributed by atoms with Crippen LogP contribution in [0.2, 0.25) is 0 Å². The van der Waals surface area contributed by atoms with Crippen molar-refractivity contribution in [3.05, 3.63) is 74.4 Å². The molecule has 28 heavy (non-hydrogen) atoms. The van der Waals surface area contributed by atoms with Crippen LogP contribution in [0.5, 0.6) is 0 Å². The number of aromatic carboxylic acids is 1. The van der Waals surface area contributed by atoms with Gasteiger partial charge in [0.25, 0.3) is 11.2 Å². The van der Waals surface area contributed by atoms with Crippen LogP contribution in [-0.2, 0) is 11.3 Å². The van der Waals surface area contributed by atoms with E-state index in [4.69, 9.17) is 0 Å². The Morgan fingerprint density at radius 3 is 2.54 bits per heavy atom. The van der Waals surface area contributed by atoms with E-state index >= 15 is 0 Å². The Morgan fingerprint density at radius 1 is 1.21 bits per heavy atom. The third-order valence-corrected chi connectivity index (χ3v) is 3.80. The van der Waals surface area contributed by atoms with Gasteiger partial charge >= 0.3 is 5.97 Å². The summed E-state index contributed by atoms with van der Waals surface area (Å²) in [7, 11) is 0. The van der Waals surface area contributed by atoms with E-state index in [0.29, 0.717) is 4.68 Å². The molecule has 0 spiro atoms. The highest BCUT2D eigenvalue weighted by molar-refractivity contribution is 6.01. The number of nitrogens with zero attached hydrogens (tertiary/aromatic N) is 3. The zero-order valence-electron chi connectivity index (χ0n) is 14.0. The molecule has 1 heterocycles. The molecule has 11 heteroatoms. The first kappa shape index (κ1) is 18.6. The molecule has 2 N–H and O–H groups in total. The van der Waals surface area contributed by atoms with E-state index in [1.807, 2.05) is 0 Å². The highest BCUT2D eigenvalue weighted by atomic mass is 19.1. The minimum absolute atomic E-state index is 0.0456. The van der Waals surface area contributed by atoms with Crippen molar-refractivity contribution < 1.29 is 24.0 Å². The first-order chi connectivity index (χ1) is 13.3. The normalized spacial score (nSPS) is 10.6. The Labute approximate surface area is 155 Å². The highest BCUT2D eigenvalue weighted by Gasteiger charge is 2.18. The van der Waals surface area contributed by atoms with E-state index in [-0.39, 0.29) is 10.8 Å². The van der Waals surface area contributed by atoms with Crippen LogP contribution in [0.25, 0.3) is 10.8 Å². The predicted molar refractivity (Wildman–Crippen MR) is 94.6 cm³/mol. The first-order valence-electron chi connectivity index (χ1n) is 7.75. The first-order valence-corrected chi connectivity index (χ1v) is 7.75. The number of nitro benzene ring substituents is 1. The van der Waals surface area contributed by atoms with Crippen molar-refractivity contribution >= 4 is 34.0 Å². The number of halogens is 1. The largest absolute Gasteiger partial charge is 0.476 e. The Kier molecular flexibility index (Phi) is 4.81. The van der Waals surface area contributed by atoms with E-state index in [1.54, 1.807) is 0 Å². The fraction of sp³-hybridized carbons (Fsp3) is 0.0588. The quantitative estimate of drug-likeness (QED) is 0.502. The number of hydrogen-bond donors (Lipinski definition) is 2. The van der Waals surface area contributed by atoms with E-state index < -0.39 is 51.8 Å². The molecule has 0 aliphatic rings. The molecule has 0 atom stereocenters. The topological polar surface area (TPSA) is 144 Å². The maximum atomic E-state index is 13.8. The lowest BCUT2D eigenvalue weighted by Gasteiger charge is -2.10. The second-order valence-corrected chi connectivity index (χ2v) is 5.63. The van der Waals surface area contributed by atoms with Crippen molar-refractivity contribution in [1.82, 2.24) is 9.78 Å². The maximum absolute atomic E-state index is 13.8. The van der Waals surface area contributed by atoms with Crippen LogP contribution in [0, 0.1) is 15.9 Å². The number of carbonyl (C=O) groups excluding carboxylic acids is 1. The molecule has 0 saturated carbocycles. The summed E-state index contributed by atoms with van der Waals surface area (Å²) in [6.07, 6.45) is 0. The van der Waals surface area contributed by atoms with Crippen molar-refractivity contribution in [3.8, 4) is 0 Å². The number of nitro groups is 1. The number of carboxylic acid groups (broad SMARTS) is 1. The summed E-state index contributed by atoms with van der Waals surface area (Å²) in [5, 5.41) is 26.0. The second kappa shape index (κ2) is 7.23. The molecule has 2 aromatic carbocycles. The third kappa shape index (κ3) is 3.53. The minimum Gasteiger partial charge on any atom is -0.476 e. The van der Waals surface area contributed by atoms with Crippen LogP contribution >= 0.6 is 0 Å². The molecule has 0 unspecified atom stereocenters. The second-order valence-electron chi connectivity index (χ2n) is 5.63. The SMILES string of the molecule is O=C(Cn1nc(C(=O)O)c2ccccc2c1=O)Nc1cc([N+](=O)[O-])ccc1F. The summed E-state index contributed by atoms with van der Waals surface area (Å²) in [5.41, 5.74) is -2.03. The van der Waals surface area contributed by atoms with E-state index in [1.165, 1.54) is 24.3 Å². The highest BCUT2D eigenvalue weighted by Crippen LogP contribution is 2.21. The Bertz CT molecular complexity index is 1190. The van der Waals surface area contributed by atoms with Gasteiger partial charge in [0.05, 0.1) is 16.0 Å². The van der Waals surface area contributed by atoms with Crippen LogP contribution in [0.3, 0.4) is 0 Å². The standard InChI is InChI=1S/C17H11FN4O6/c18-12-6-5-9(22(27)28)7-13(12)19-14(23)8-21-16(24)11-4-2-1-3-10(11)15(20-21)17(25)26/h1-7H,8H2,(H,19,23)(H,25,26). The zero-order valence-corrected chi connectivity index (χ0v) is 14.0. The van der Waals surface area contributed by atoms with Gasteiger partial charge in [-0.2, -0.15) is 5.10 Å². The summed E-state index contributed by atoms with van der Waals surface area (Å²) in [5.74, 6) is -3.22. The maximum Gasteiger partial charge on any atom is 0.357 e. The number of rotatable bonds is 5. The summed E-state index contributed by atoms with van der Waals surface area (Å²) in [6, 6.07) is 8.44. The summed E-state index contributed by atoms with van der Waals surface area (Å²) < 4.78 is 14.4. The smallest absolute Gasteiger partial charge is 0.357 e. The average molecular weight is 386 g/mol. The van der Waals surface area contributed by atoms with Crippen molar-refractivity contribution in [2.75, 3.05) is 5.32 Å². The lowest BCUT2D eigenvalue weighted by Crippen LogP contribution is -2.31. The molecule has 10 nitrogen and oxygen atoms in total. The van der Waals surface area contributed by atoms with Gasteiger partial charge in [-0.15, -0.1) is 0 Å². The number of aromatic nitrogens is 2. The van der Waals surface area contributed by atoms with Crippen molar-refractivity contribution in [1.29, 1.82) is 0 Å². The molecule has 3 aromatic rings. The predicted octanol–water partition coefficient (Wildman–Crippen LogP) is 1.78. The number of nitrogens with one attached hydrogen (secondary N) is 1. The van der Waals surface area contributed by atoms with E-state index in [9.17, 15) is 34.0 Å². The Hall–Kier alpha value is -4.15. The monoisotopic (exact) mass is 386 g/mol. The number of carboxylic acids is 1. The molecule has 0 saturated heterocycles. The summed E-state index contributed by atoms with van der Waals surface area (Å²) >= 11 is 0. The number of hydrogen-bond acceptors (Lipinski definition) is 6. The number of benzene rings is 2. The van der Waals surface area contributed by atoms with Crippen LogP contribution < -0.4 is 10.9 Å². The van der Waals surface area contributed by atoms with Gasteiger partial charge in [-0.3, -0.25) is 19.7 Å². The Morgan fingerprint density at radius 2 is 1.89 bits per heavy atom. The number of amides is 1. The molecular weight excluding hydrogens is 375 g/mol. The molecule has 1 amide bonds. The third-order valence-electron chi connectivity index (χ3n) is 3.80. The van der Waals surface area contributed by atoms with Gasteiger partial charge in [0.15, 0.2) is 5.69 Å². The average Bonchev–Trinajstić information content (AvgIpc) is 2.65. The van der Waals surface area contributed by atoms with Crippen molar-refractivity contribution in [2.24, 2.45) is 0 Å². The molecule has 0 aliphatic heterocycles. The van der Waals surface area contributed by atoms with Crippen LogP contribution in [-0.4, -0.2) is 31.7 Å². The fourth-order valence-corrected chi connectivity index (χ4v) is 2.55. The molecular formula is C17H11FN4O6. The van der Waals surface area contributed by atoms with Gasteiger partial charge < -0.3 is 10.4 Å². The molecule has 0 fully saturated rings. The minimum atomic E-state index is -1.39. The van der Waals surface area contributed by atoms with Gasteiger partial charge in [0.1, 0.15) is 12.4 Å². The summed E-state index contributed by atoms with van der Waals surface area (Å²) in [4.78, 5) is 46.1. The Balaban J connectivity index is 1.95. The molecule has 0 bridgehead atoms. The van der Waals surface area contributed by atoms with Crippen LogP contribution in [0.1, 0.15) is 10.5 Å².